The van der Waals surface area contributed by atoms with Crippen LogP contribution in [0.5, 0.6) is 5.75 Å². The molecular formula is C17H24O4. The van der Waals surface area contributed by atoms with Crippen molar-refractivity contribution in [3.05, 3.63) is 48.1 Å². The van der Waals surface area contributed by atoms with E-state index in [1.807, 2.05) is 19.1 Å². The van der Waals surface area contributed by atoms with Crippen molar-refractivity contribution in [1.29, 1.82) is 0 Å². The highest BCUT2D eigenvalue weighted by atomic mass is 16.6. The fourth-order valence-corrected chi connectivity index (χ4v) is 1.71. The lowest BCUT2D eigenvalue weighted by Crippen LogP contribution is -1.87. The van der Waals surface area contributed by atoms with Crippen LogP contribution in [-0.4, -0.2) is 23.5 Å². The van der Waals surface area contributed by atoms with Gasteiger partial charge in [0, 0.05) is 0 Å². The summed E-state index contributed by atoms with van der Waals surface area (Å²) in [6.45, 7) is 4.27. The van der Waals surface area contributed by atoms with Gasteiger partial charge in [-0.15, -0.1) is 0 Å². The molecule has 1 rings (SSSR count). The van der Waals surface area contributed by atoms with Crippen molar-refractivity contribution in [2.45, 2.75) is 33.1 Å². The van der Waals surface area contributed by atoms with Crippen LogP contribution in [0.4, 0.5) is 4.79 Å². The first kappa shape index (κ1) is 18.8. The molecule has 0 saturated heterocycles. The van der Waals surface area contributed by atoms with Crippen LogP contribution in [0.3, 0.4) is 0 Å². The molecule has 0 saturated carbocycles. The molecule has 4 heteroatoms. The Morgan fingerprint density at radius 3 is 2.24 bits per heavy atom. The van der Waals surface area contributed by atoms with Crippen LogP contribution in [-0.2, 0) is 0 Å². The zero-order valence-electron chi connectivity index (χ0n) is 12.9. The minimum absolute atomic E-state index is 0.912. The van der Waals surface area contributed by atoms with Crippen LogP contribution in [0.2, 0.25) is 0 Å². The molecule has 116 valence electrons. The topological polar surface area (TPSA) is 66.8 Å². The Morgan fingerprint density at radius 2 is 1.81 bits per heavy atom. The number of hydrogen-bond donors (Lipinski definition) is 2. The lowest BCUT2D eigenvalue weighted by atomic mass is 10.00. The molecule has 0 aliphatic rings. The van der Waals surface area contributed by atoms with Crippen LogP contribution in [0.1, 0.15) is 38.7 Å². The van der Waals surface area contributed by atoms with E-state index in [9.17, 15) is 0 Å². The first-order chi connectivity index (χ1) is 10.0. The van der Waals surface area contributed by atoms with Crippen molar-refractivity contribution in [1.82, 2.24) is 0 Å². The normalized spacial score (nSPS) is 10.9. The van der Waals surface area contributed by atoms with Crippen LogP contribution in [0.15, 0.2) is 42.5 Å². The molecule has 2 N–H and O–H groups in total. The van der Waals surface area contributed by atoms with E-state index in [0.29, 0.717) is 0 Å². The standard InChI is InChI=1S/C16H22O.CH2O3/c1-4-6-8-14(9-7-5-2)15-10-12-16(17-3)13-11-15;2-1(3)4/h4,6,8,10-13H,5,7,9H2,1-3H3;(H2,2,3,4)/b6-4+,14-8+;. The van der Waals surface area contributed by atoms with Crippen LogP contribution in [0.25, 0.3) is 5.57 Å². The third kappa shape index (κ3) is 9.32. The van der Waals surface area contributed by atoms with Crippen LogP contribution in [0, 0.1) is 0 Å². The lowest BCUT2D eigenvalue weighted by molar-refractivity contribution is 0.137. The number of carbonyl (C=O) groups is 1. The summed E-state index contributed by atoms with van der Waals surface area (Å²) in [6.07, 6.45) is 8.13. The Hall–Kier alpha value is -2.23. The number of rotatable bonds is 6. The summed E-state index contributed by atoms with van der Waals surface area (Å²) in [4.78, 5) is 8.56. The van der Waals surface area contributed by atoms with Gasteiger partial charge in [-0.25, -0.2) is 4.79 Å². The molecule has 0 fully saturated rings. The van der Waals surface area contributed by atoms with Gasteiger partial charge in [-0.1, -0.05) is 43.7 Å². The molecule has 1 aromatic rings. The molecule has 0 spiro atoms. The molecule has 0 aromatic heterocycles. The number of benzene rings is 1. The Morgan fingerprint density at radius 1 is 1.24 bits per heavy atom. The van der Waals surface area contributed by atoms with Gasteiger partial charge < -0.3 is 14.9 Å². The maximum Gasteiger partial charge on any atom is 0.503 e. The van der Waals surface area contributed by atoms with E-state index >= 15 is 0 Å². The van der Waals surface area contributed by atoms with Gasteiger partial charge in [-0.3, -0.25) is 0 Å². The highest BCUT2D eigenvalue weighted by Crippen LogP contribution is 2.23. The monoisotopic (exact) mass is 292 g/mol. The number of allylic oxidation sites excluding steroid dienone is 4. The first-order valence-electron chi connectivity index (χ1n) is 6.93. The molecule has 0 bridgehead atoms. The summed E-state index contributed by atoms with van der Waals surface area (Å²) >= 11 is 0. The SMILES string of the molecule is C/C=C/C=C(\CCCC)c1ccc(OC)cc1.O=C(O)O. The van der Waals surface area contributed by atoms with Crippen molar-refractivity contribution in [2.75, 3.05) is 7.11 Å². The minimum Gasteiger partial charge on any atom is -0.497 e. The van der Waals surface area contributed by atoms with Crippen molar-refractivity contribution in [3.63, 3.8) is 0 Å². The van der Waals surface area contributed by atoms with Gasteiger partial charge in [0.05, 0.1) is 7.11 Å². The Balaban J connectivity index is 0.000000885. The van der Waals surface area contributed by atoms with Gasteiger partial charge in [-0.05, 0) is 43.0 Å². The highest BCUT2D eigenvalue weighted by molar-refractivity contribution is 5.67. The van der Waals surface area contributed by atoms with Crippen molar-refractivity contribution in [2.24, 2.45) is 0 Å². The molecule has 1 aromatic carbocycles. The number of carboxylic acid groups (broad SMARTS) is 2. The van der Waals surface area contributed by atoms with Gasteiger partial charge >= 0.3 is 6.16 Å². The van der Waals surface area contributed by atoms with Crippen molar-refractivity contribution in [3.8, 4) is 5.75 Å². The molecular weight excluding hydrogens is 268 g/mol. The Bertz CT molecular complexity index is 454. The molecule has 0 amide bonds. The zero-order valence-corrected chi connectivity index (χ0v) is 12.9. The minimum atomic E-state index is -1.83. The molecule has 0 unspecified atom stereocenters. The summed E-state index contributed by atoms with van der Waals surface area (Å²) < 4.78 is 5.18. The van der Waals surface area contributed by atoms with E-state index in [4.69, 9.17) is 19.7 Å². The molecule has 4 nitrogen and oxygen atoms in total. The number of unbranched alkanes of at least 4 members (excludes halogenated alkanes) is 1. The predicted molar refractivity (Wildman–Crippen MR) is 86.0 cm³/mol. The Labute approximate surface area is 126 Å². The maximum absolute atomic E-state index is 8.56. The van der Waals surface area contributed by atoms with Gasteiger partial charge in [0.15, 0.2) is 0 Å². The number of methoxy groups -OCH3 is 1. The van der Waals surface area contributed by atoms with Crippen LogP contribution >= 0.6 is 0 Å². The van der Waals surface area contributed by atoms with Gasteiger partial charge in [0.25, 0.3) is 0 Å². The third-order valence-corrected chi connectivity index (χ3v) is 2.75. The first-order valence-corrected chi connectivity index (χ1v) is 6.93. The molecule has 0 heterocycles. The molecule has 0 aliphatic heterocycles. The fraction of sp³-hybridized carbons (Fsp3) is 0.353. The second-order valence-corrected chi connectivity index (χ2v) is 4.33. The maximum atomic E-state index is 8.56. The van der Waals surface area contributed by atoms with Gasteiger partial charge in [0.2, 0.25) is 0 Å². The quantitative estimate of drug-likeness (QED) is 0.718. The second-order valence-electron chi connectivity index (χ2n) is 4.33. The average Bonchev–Trinajstić information content (AvgIpc) is 2.47. The zero-order chi connectivity index (χ0) is 16.1. The summed E-state index contributed by atoms with van der Waals surface area (Å²) in [5, 5.41) is 13.9. The summed E-state index contributed by atoms with van der Waals surface area (Å²) in [5.41, 5.74) is 2.69. The van der Waals surface area contributed by atoms with E-state index in [2.05, 4.69) is 37.3 Å². The van der Waals surface area contributed by atoms with E-state index in [-0.39, 0.29) is 0 Å². The van der Waals surface area contributed by atoms with Crippen molar-refractivity contribution < 1.29 is 19.7 Å². The second kappa shape index (κ2) is 11.6. The van der Waals surface area contributed by atoms with E-state index in [1.165, 1.54) is 24.0 Å². The average molecular weight is 292 g/mol. The predicted octanol–water partition coefficient (Wildman–Crippen LogP) is 5.07. The summed E-state index contributed by atoms with van der Waals surface area (Å²) in [6, 6.07) is 8.29. The molecule has 0 radical (unpaired) electrons. The van der Waals surface area contributed by atoms with Gasteiger partial charge in [-0.2, -0.15) is 0 Å². The summed E-state index contributed by atoms with van der Waals surface area (Å²) in [7, 11) is 1.70. The van der Waals surface area contributed by atoms with E-state index in [1.54, 1.807) is 7.11 Å². The fourth-order valence-electron chi connectivity index (χ4n) is 1.71. The highest BCUT2D eigenvalue weighted by Gasteiger charge is 2.00. The van der Waals surface area contributed by atoms with Crippen molar-refractivity contribution >= 4 is 11.7 Å². The molecule has 0 atom stereocenters. The number of ether oxygens (including phenoxy) is 1. The third-order valence-electron chi connectivity index (χ3n) is 2.75. The molecule has 0 aliphatic carbocycles. The number of hydrogen-bond acceptors (Lipinski definition) is 2. The van der Waals surface area contributed by atoms with Gasteiger partial charge in [0.1, 0.15) is 5.75 Å². The Kier molecular flexibility index (Phi) is 10.4. The smallest absolute Gasteiger partial charge is 0.497 e. The van der Waals surface area contributed by atoms with E-state index in [0.717, 1.165) is 12.2 Å². The van der Waals surface area contributed by atoms with Crippen LogP contribution < -0.4 is 4.74 Å². The largest absolute Gasteiger partial charge is 0.503 e. The summed E-state index contributed by atoms with van der Waals surface area (Å²) in [5.74, 6) is 0.912. The lowest BCUT2D eigenvalue weighted by Gasteiger charge is -2.07. The van der Waals surface area contributed by atoms with E-state index < -0.39 is 6.16 Å². The molecule has 21 heavy (non-hydrogen) atoms.